The van der Waals surface area contributed by atoms with E-state index in [0.717, 1.165) is 18.7 Å². The molecule has 1 aliphatic heterocycles. The maximum absolute atomic E-state index is 12.7. The largest absolute Gasteiger partial charge is 0.314 e. The van der Waals surface area contributed by atoms with Gasteiger partial charge in [-0.2, -0.15) is 0 Å². The lowest BCUT2D eigenvalue weighted by atomic mass is 10.1. The molecule has 1 aromatic carbocycles. The van der Waals surface area contributed by atoms with Crippen LogP contribution in [0.15, 0.2) is 24.3 Å². The highest BCUT2D eigenvalue weighted by Gasteiger charge is 2.18. The Labute approximate surface area is 83.5 Å². The lowest BCUT2D eigenvalue weighted by Gasteiger charge is -2.31. The molecule has 1 aliphatic rings. The fraction of sp³-hybridized carbons (Fsp3) is 0.455. The van der Waals surface area contributed by atoms with Crippen LogP contribution in [0.1, 0.15) is 18.5 Å². The van der Waals surface area contributed by atoms with E-state index in [1.165, 1.54) is 12.1 Å². The molecule has 2 rings (SSSR count). The standard InChI is InChI=1S/C11H15FN2/c1-8(14-11-6-13-7-11)9-2-4-10(12)5-3-9/h2-5,8,11,13-14H,6-7H2,1H3/t8-/m0/s1. The Morgan fingerprint density at radius 1 is 1.36 bits per heavy atom. The summed E-state index contributed by atoms with van der Waals surface area (Å²) in [5.74, 6) is -0.175. The average molecular weight is 194 g/mol. The molecular formula is C11H15FN2. The van der Waals surface area contributed by atoms with Gasteiger partial charge < -0.3 is 10.6 Å². The first kappa shape index (κ1) is 9.62. The van der Waals surface area contributed by atoms with Crippen LogP contribution in [0, 0.1) is 5.82 Å². The average Bonchev–Trinajstić information content (AvgIpc) is 2.12. The minimum absolute atomic E-state index is 0.175. The van der Waals surface area contributed by atoms with Crippen LogP contribution in [0.5, 0.6) is 0 Å². The van der Waals surface area contributed by atoms with Gasteiger partial charge in [0, 0.05) is 25.2 Å². The minimum Gasteiger partial charge on any atom is -0.314 e. The van der Waals surface area contributed by atoms with E-state index < -0.39 is 0 Å². The molecule has 0 saturated carbocycles. The van der Waals surface area contributed by atoms with E-state index in [-0.39, 0.29) is 5.82 Å². The predicted octanol–water partition coefficient (Wildman–Crippen LogP) is 1.45. The van der Waals surface area contributed by atoms with Crippen molar-refractivity contribution < 1.29 is 4.39 Å². The molecule has 1 aromatic rings. The van der Waals surface area contributed by atoms with Crippen LogP contribution in [0.3, 0.4) is 0 Å². The van der Waals surface area contributed by atoms with Crippen molar-refractivity contribution in [1.82, 2.24) is 10.6 Å². The van der Waals surface area contributed by atoms with E-state index in [1.54, 1.807) is 0 Å². The normalized spacial score (nSPS) is 19.0. The molecule has 14 heavy (non-hydrogen) atoms. The van der Waals surface area contributed by atoms with Crippen molar-refractivity contribution in [3.63, 3.8) is 0 Å². The highest BCUT2D eigenvalue weighted by atomic mass is 19.1. The fourth-order valence-electron chi connectivity index (χ4n) is 1.61. The Kier molecular flexibility index (Phi) is 2.79. The topological polar surface area (TPSA) is 24.1 Å². The van der Waals surface area contributed by atoms with Crippen LogP contribution in [-0.4, -0.2) is 19.1 Å². The third-order valence-corrected chi connectivity index (χ3v) is 2.64. The molecule has 2 N–H and O–H groups in total. The molecule has 0 aliphatic carbocycles. The fourth-order valence-corrected chi connectivity index (χ4v) is 1.61. The van der Waals surface area contributed by atoms with Gasteiger partial charge >= 0.3 is 0 Å². The maximum atomic E-state index is 12.7. The lowest BCUT2D eigenvalue weighted by Crippen LogP contribution is -2.55. The van der Waals surface area contributed by atoms with E-state index in [9.17, 15) is 4.39 Å². The second kappa shape index (κ2) is 4.07. The Morgan fingerprint density at radius 3 is 2.50 bits per heavy atom. The monoisotopic (exact) mass is 194 g/mol. The second-order valence-corrected chi connectivity index (χ2v) is 3.80. The molecule has 0 unspecified atom stereocenters. The van der Waals surface area contributed by atoms with Gasteiger partial charge in [0.05, 0.1) is 0 Å². The summed E-state index contributed by atoms with van der Waals surface area (Å²) >= 11 is 0. The molecule has 0 bridgehead atoms. The highest BCUT2D eigenvalue weighted by Crippen LogP contribution is 2.14. The summed E-state index contributed by atoms with van der Waals surface area (Å²) in [6, 6.07) is 7.54. The van der Waals surface area contributed by atoms with Crippen molar-refractivity contribution in [2.24, 2.45) is 0 Å². The smallest absolute Gasteiger partial charge is 0.123 e. The Hall–Kier alpha value is -0.930. The molecule has 0 aromatic heterocycles. The van der Waals surface area contributed by atoms with Crippen molar-refractivity contribution in [2.45, 2.75) is 19.0 Å². The Balaban J connectivity index is 1.95. The maximum Gasteiger partial charge on any atom is 0.123 e. The van der Waals surface area contributed by atoms with E-state index in [0.29, 0.717) is 12.1 Å². The molecule has 1 saturated heterocycles. The van der Waals surface area contributed by atoms with E-state index in [1.807, 2.05) is 12.1 Å². The minimum atomic E-state index is -0.175. The first-order valence-electron chi connectivity index (χ1n) is 4.98. The van der Waals surface area contributed by atoms with E-state index in [4.69, 9.17) is 0 Å². The third kappa shape index (κ3) is 2.11. The summed E-state index contributed by atoms with van der Waals surface area (Å²) in [6.07, 6.45) is 0. The third-order valence-electron chi connectivity index (χ3n) is 2.64. The Morgan fingerprint density at radius 2 is 2.00 bits per heavy atom. The van der Waals surface area contributed by atoms with Gasteiger partial charge in [0.25, 0.3) is 0 Å². The van der Waals surface area contributed by atoms with Crippen LogP contribution in [0.2, 0.25) is 0 Å². The van der Waals surface area contributed by atoms with E-state index >= 15 is 0 Å². The lowest BCUT2D eigenvalue weighted by molar-refractivity contribution is 0.338. The zero-order valence-electron chi connectivity index (χ0n) is 8.26. The van der Waals surface area contributed by atoms with Gasteiger partial charge in [-0.25, -0.2) is 4.39 Å². The van der Waals surface area contributed by atoms with Crippen LogP contribution in [0.25, 0.3) is 0 Å². The van der Waals surface area contributed by atoms with Gasteiger partial charge in [-0.15, -0.1) is 0 Å². The van der Waals surface area contributed by atoms with Crippen LogP contribution >= 0.6 is 0 Å². The van der Waals surface area contributed by atoms with Crippen LogP contribution in [-0.2, 0) is 0 Å². The molecule has 1 fully saturated rings. The second-order valence-electron chi connectivity index (χ2n) is 3.80. The molecule has 2 nitrogen and oxygen atoms in total. The number of hydrogen-bond donors (Lipinski definition) is 2. The molecule has 0 radical (unpaired) electrons. The zero-order valence-corrected chi connectivity index (χ0v) is 8.26. The molecule has 1 heterocycles. The number of halogens is 1. The quantitative estimate of drug-likeness (QED) is 0.761. The summed E-state index contributed by atoms with van der Waals surface area (Å²) in [5.41, 5.74) is 1.14. The molecule has 0 spiro atoms. The molecule has 3 heteroatoms. The summed E-state index contributed by atoms with van der Waals surface area (Å²) in [5, 5.41) is 6.67. The van der Waals surface area contributed by atoms with E-state index in [2.05, 4.69) is 17.6 Å². The van der Waals surface area contributed by atoms with Gasteiger partial charge in [0.2, 0.25) is 0 Å². The van der Waals surface area contributed by atoms with Crippen molar-refractivity contribution in [3.05, 3.63) is 35.6 Å². The predicted molar refractivity (Wildman–Crippen MR) is 54.6 cm³/mol. The van der Waals surface area contributed by atoms with Crippen LogP contribution in [0.4, 0.5) is 4.39 Å². The number of nitrogens with one attached hydrogen (secondary N) is 2. The summed E-state index contributed by atoms with van der Waals surface area (Å²) in [4.78, 5) is 0. The SMILES string of the molecule is C[C@H](NC1CNC1)c1ccc(F)cc1. The number of hydrogen-bond acceptors (Lipinski definition) is 2. The molecular weight excluding hydrogens is 179 g/mol. The molecule has 1 atom stereocenters. The molecule has 76 valence electrons. The van der Waals surface area contributed by atoms with Crippen molar-refractivity contribution in [3.8, 4) is 0 Å². The molecule has 0 amide bonds. The van der Waals surface area contributed by atoms with Crippen molar-refractivity contribution >= 4 is 0 Å². The first-order chi connectivity index (χ1) is 6.75. The van der Waals surface area contributed by atoms with Gasteiger partial charge in [0.1, 0.15) is 5.82 Å². The zero-order chi connectivity index (χ0) is 9.97. The van der Waals surface area contributed by atoms with Gasteiger partial charge in [-0.3, -0.25) is 0 Å². The summed E-state index contributed by atoms with van der Waals surface area (Å²) in [6.45, 7) is 4.17. The van der Waals surface area contributed by atoms with Crippen molar-refractivity contribution in [1.29, 1.82) is 0 Å². The number of benzene rings is 1. The van der Waals surface area contributed by atoms with Crippen molar-refractivity contribution in [2.75, 3.05) is 13.1 Å². The van der Waals surface area contributed by atoms with Gasteiger partial charge in [-0.1, -0.05) is 12.1 Å². The summed E-state index contributed by atoms with van der Waals surface area (Å²) in [7, 11) is 0. The first-order valence-corrected chi connectivity index (χ1v) is 4.98. The summed E-state index contributed by atoms with van der Waals surface area (Å²) < 4.78 is 12.7. The van der Waals surface area contributed by atoms with Gasteiger partial charge in [-0.05, 0) is 24.6 Å². The Bertz CT molecular complexity index is 293. The van der Waals surface area contributed by atoms with Gasteiger partial charge in [0.15, 0.2) is 0 Å². The van der Waals surface area contributed by atoms with Crippen LogP contribution < -0.4 is 10.6 Å². The number of rotatable bonds is 3. The highest BCUT2D eigenvalue weighted by molar-refractivity contribution is 5.19.